The Balaban J connectivity index is 1.17. The molecule has 1 aliphatic heterocycles. The van der Waals surface area contributed by atoms with Crippen LogP contribution in [0.5, 0.6) is 0 Å². The fraction of sp³-hybridized carbons (Fsp3) is 0.320. The average Bonchev–Trinajstić information content (AvgIpc) is 3.32. The molecule has 1 saturated heterocycles. The van der Waals surface area contributed by atoms with Crippen LogP contribution in [0.2, 0.25) is 0 Å². The summed E-state index contributed by atoms with van der Waals surface area (Å²) in [4.78, 5) is 11.4. The van der Waals surface area contributed by atoms with Crippen LogP contribution in [0.15, 0.2) is 63.4 Å². The number of piperidine rings is 1. The standard InChI is InChI=1S/C25H22N4O2/c26-15-21-25(31-24(28-21)19-14-18(19)16-6-2-1-3-7-16)29-12-10-17(11-13-29)23-27-20-8-4-5-9-22(20)30-23/h1-9,17-19H,10-14H2/t18-,19-/m1/s1. The zero-order valence-electron chi connectivity index (χ0n) is 17.1. The molecule has 2 aliphatic rings. The molecular formula is C25H22N4O2. The van der Waals surface area contributed by atoms with E-state index < -0.39 is 0 Å². The number of para-hydroxylation sites is 2. The van der Waals surface area contributed by atoms with Crippen molar-refractivity contribution >= 4 is 17.0 Å². The average molecular weight is 410 g/mol. The molecule has 0 amide bonds. The van der Waals surface area contributed by atoms with Crippen LogP contribution < -0.4 is 4.90 Å². The molecule has 0 spiro atoms. The lowest BCUT2D eigenvalue weighted by Crippen LogP contribution is -2.33. The molecular weight excluding hydrogens is 388 g/mol. The Bertz CT molecular complexity index is 1230. The normalized spacial score (nSPS) is 21.3. The highest BCUT2D eigenvalue weighted by atomic mass is 16.4. The maximum absolute atomic E-state index is 9.63. The highest BCUT2D eigenvalue weighted by molar-refractivity contribution is 5.72. The zero-order chi connectivity index (χ0) is 20.8. The van der Waals surface area contributed by atoms with Crippen molar-refractivity contribution in [1.29, 1.82) is 5.26 Å². The van der Waals surface area contributed by atoms with Gasteiger partial charge in [0.2, 0.25) is 17.5 Å². The SMILES string of the molecule is N#Cc1nc([C@@H]2C[C@@H]2c2ccccc2)oc1N1CCC(c2nc3ccccc3o2)CC1. The van der Waals surface area contributed by atoms with Crippen LogP contribution in [0.4, 0.5) is 5.88 Å². The summed E-state index contributed by atoms with van der Waals surface area (Å²) in [5.74, 6) is 3.10. The molecule has 2 aromatic heterocycles. The van der Waals surface area contributed by atoms with Crippen LogP contribution in [0.3, 0.4) is 0 Å². The van der Waals surface area contributed by atoms with Crippen LogP contribution in [0.1, 0.15) is 60.1 Å². The Morgan fingerprint density at radius 3 is 2.42 bits per heavy atom. The summed E-state index contributed by atoms with van der Waals surface area (Å²) < 4.78 is 12.1. The first-order valence-electron chi connectivity index (χ1n) is 10.9. The van der Waals surface area contributed by atoms with Gasteiger partial charge in [-0.2, -0.15) is 5.26 Å². The van der Waals surface area contributed by atoms with Crippen LogP contribution in [0.25, 0.3) is 11.1 Å². The molecule has 2 atom stereocenters. The molecule has 0 unspecified atom stereocenters. The van der Waals surface area contributed by atoms with E-state index in [1.807, 2.05) is 30.3 Å². The van der Waals surface area contributed by atoms with E-state index in [1.165, 1.54) is 5.56 Å². The van der Waals surface area contributed by atoms with Crippen molar-refractivity contribution in [1.82, 2.24) is 9.97 Å². The fourth-order valence-corrected chi connectivity index (χ4v) is 4.70. The molecule has 0 radical (unpaired) electrons. The van der Waals surface area contributed by atoms with Gasteiger partial charge in [0, 0.05) is 24.9 Å². The number of aromatic nitrogens is 2. The first-order valence-corrected chi connectivity index (χ1v) is 10.9. The minimum absolute atomic E-state index is 0.264. The summed E-state index contributed by atoms with van der Waals surface area (Å²) in [5, 5.41) is 9.63. The van der Waals surface area contributed by atoms with E-state index in [4.69, 9.17) is 8.83 Å². The van der Waals surface area contributed by atoms with Gasteiger partial charge in [0.1, 0.15) is 11.6 Å². The monoisotopic (exact) mass is 410 g/mol. The number of oxazole rings is 2. The maximum atomic E-state index is 9.63. The Hall–Kier alpha value is -3.59. The Morgan fingerprint density at radius 1 is 0.871 bits per heavy atom. The second-order valence-corrected chi connectivity index (χ2v) is 8.46. The molecule has 6 heteroatoms. The van der Waals surface area contributed by atoms with E-state index in [9.17, 15) is 5.26 Å². The van der Waals surface area contributed by atoms with Crippen molar-refractivity contribution < 1.29 is 8.83 Å². The second kappa shape index (κ2) is 7.28. The van der Waals surface area contributed by atoms with Gasteiger partial charge in [-0.15, -0.1) is 0 Å². The van der Waals surface area contributed by atoms with E-state index >= 15 is 0 Å². The smallest absolute Gasteiger partial charge is 0.234 e. The molecule has 2 aromatic carbocycles. The number of fused-ring (bicyclic) bond motifs is 1. The van der Waals surface area contributed by atoms with Crippen molar-refractivity contribution in [3.8, 4) is 6.07 Å². The molecule has 154 valence electrons. The molecule has 4 aromatic rings. The second-order valence-electron chi connectivity index (χ2n) is 8.46. The summed E-state index contributed by atoms with van der Waals surface area (Å²) in [7, 11) is 0. The minimum atomic E-state index is 0.264. The van der Waals surface area contributed by atoms with E-state index in [1.54, 1.807) is 0 Å². The number of hydrogen-bond donors (Lipinski definition) is 0. The lowest BCUT2D eigenvalue weighted by atomic mass is 9.97. The number of anilines is 1. The van der Waals surface area contributed by atoms with Crippen molar-refractivity contribution in [2.24, 2.45) is 0 Å². The summed E-state index contributed by atoms with van der Waals surface area (Å²) in [6, 6.07) is 20.6. The zero-order valence-corrected chi connectivity index (χ0v) is 17.1. The van der Waals surface area contributed by atoms with E-state index in [0.717, 1.165) is 49.3 Å². The van der Waals surface area contributed by atoms with Gasteiger partial charge in [-0.05, 0) is 42.9 Å². The first-order chi connectivity index (χ1) is 15.3. The molecule has 6 nitrogen and oxygen atoms in total. The third kappa shape index (κ3) is 3.27. The number of nitrogens with zero attached hydrogens (tertiary/aromatic N) is 4. The molecule has 2 fully saturated rings. The minimum Gasteiger partial charge on any atom is -0.440 e. The Morgan fingerprint density at radius 2 is 1.65 bits per heavy atom. The molecule has 6 rings (SSSR count). The number of nitriles is 1. The number of rotatable bonds is 4. The molecule has 1 saturated carbocycles. The molecule has 1 aliphatic carbocycles. The van der Waals surface area contributed by atoms with Gasteiger partial charge in [-0.3, -0.25) is 0 Å². The largest absolute Gasteiger partial charge is 0.440 e. The summed E-state index contributed by atoms with van der Waals surface area (Å²) >= 11 is 0. The van der Waals surface area contributed by atoms with Gasteiger partial charge in [0.05, 0.1) is 0 Å². The van der Waals surface area contributed by atoms with Crippen molar-refractivity contribution in [3.05, 3.63) is 77.6 Å². The predicted octanol–water partition coefficient (Wildman–Crippen LogP) is 5.34. The third-order valence-electron chi connectivity index (χ3n) is 6.51. The first kappa shape index (κ1) is 18.2. The summed E-state index contributed by atoms with van der Waals surface area (Å²) in [5.41, 5.74) is 3.45. The van der Waals surface area contributed by atoms with Crippen LogP contribution in [-0.2, 0) is 0 Å². The summed E-state index contributed by atoms with van der Waals surface area (Å²) in [6.07, 6.45) is 2.84. The maximum Gasteiger partial charge on any atom is 0.234 e. The lowest BCUT2D eigenvalue weighted by molar-refractivity contribution is 0.392. The third-order valence-corrected chi connectivity index (χ3v) is 6.51. The van der Waals surface area contributed by atoms with Gasteiger partial charge in [0.15, 0.2) is 11.5 Å². The molecule has 31 heavy (non-hydrogen) atoms. The number of hydrogen-bond acceptors (Lipinski definition) is 6. The van der Waals surface area contributed by atoms with Gasteiger partial charge < -0.3 is 13.7 Å². The fourth-order valence-electron chi connectivity index (χ4n) is 4.70. The van der Waals surface area contributed by atoms with Gasteiger partial charge in [0.25, 0.3) is 0 Å². The summed E-state index contributed by atoms with van der Waals surface area (Å²) in [6.45, 7) is 1.58. The van der Waals surface area contributed by atoms with Gasteiger partial charge >= 0.3 is 0 Å². The van der Waals surface area contributed by atoms with Crippen LogP contribution in [0, 0.1) is 11.3 Å². The topological polar surface area (TPSA) is 79.1 Å². The van der Waals surface area contributed by atoms with Gasteiger partial charge in [-0.1, -0.05) is 42.5 Å². The lowest BCUT2D eigenvalue weighted by Gasteiger charge is -2.30. The predicted molar refractivity (Wildman–Crippen MR) is 116 cm³/mol. The van der Waals surface area contributed by atoms with E-state index in [-0.39, 0.29) is 11.8 Å². The highest BCUT2D eigenvalue weighted by Crippen LogP contribution is 2.55. The van der Waals surface area contributed by atoms with Crippen molar-refractivity contribution in [2.45, 2.75) is 37.0 Å². The molecule has 0 N–H and O–H groups in total. The highest BCUT2D eigenvalue weighted by Gasteiger charge is 2.44. The quantitative estimate of drug-likeness (QED) is 0.452. The Labute approximate surface area is 180 Å². The van der Waals surface area contributed by atoms with Crippen LogP contribution in [-0.4, -0.2) is 23.1 Å². The van der Waals surface area contributed by atoms with E-state index in [2.05, 4.69) is 45.2 Å². The van der Waals surface area contributed by atoms with Crippen molar-refractivity contribution in [3.63, 3.8) is 0 Å². The van der Waals surface area contributed by atoms with Crippen molar-refractivity contribution in [2.75, 3.05) is 18.0 Å². The van der Waals surface area contributed by atoms with Crippen LogP contribution >= 0.6 is 0 Å². The molecule has 0 bridgehead atoms. The van der Waals surface area contributed by atoms with Gasteiger partial charge in [-0.25, -0.2) is 9.97 Å². The van der Waals surface area contributed by atoms with E-state index in [0.29, 0.717) is 23.4 Å². The molecule has 3 heterocycles. The Kier molecular flexibility index (Phi) is 4.27. The number of benzene rings is 2.